The molecule has 2 heterocycles. The number of carbonyl (C=O) groups is 1. The molecule has 1 atom stereocenters. The third kappa shape index (κ3) is 3.51. The molecule has 1 N–H and O–H groups in total. The maximum Gasteiger partial charge on any atom is 0.246 e. The Bertz CT molecular complexity index is 893. The second-order valence-electron chi connectivity index (χ2n) is 6.16. The third-order valence-electron chi connectivity index (χ3n) is 4.34. The molecule has 1 aliphatic heterocycles. The highest BCUT2D eigenvalue weighted by Crippen LogP contribution is 2.29. The van der Waals surface area contributed by atoms with Crippen molar-refractivity contribution in [3.05, 3.63) is 36.2 Å². The number of aromatic nitrogens is 1. The quantitative estimate of drug-likeness (QED) is 0.858. The van der Waals surface area contributed by atoms with Crippen molar-refractivity contribution >= 4 is 26.7 Å². The van der Waals surface area contributed by atoms with Gasteiger partial charge < -0.3 is 10.1 Å². The van der Waals surface area contributed by atoms with Crippen molar-refractivity contribution in [3.8, 4) is 0 Å². The zero-order valence-electron chi connectivity index (χ0n) is 14.2. The number of hydrogen-bond acceptors (Lipinski definition) is 5. The van der Waals surface area contributed by atoms with Crippen LogP contribution in [-0.4, -0.2) is 56.5 Å². The first-order valence-corrected chi connectivity index (χ1v) is 9.49. The van der Waals surface area contributed by atoms with Crippen molar-refractivity contribution < 1.29 is 17.9 Å². The molecule has 134 valence electrons. The van der Waals surface area contributed by atoms with E-state index in [1.165, 1.54) is 11.4 Å². The molecule has 1 unspecified atom stereocenters. The fourth-order valence-electron chi connectivity index (χ4n) is 3.19. The van der Waals surface area contributed by atoms with Crippen molar-refractivity contribution in [2.75, 3.05) is 26.8 Å². The minimum atomic E-state index is -3.65. The van der Waals surface area contributed by atoms with E-state index in [9.17, 15) is 13.2 Å². The Kier molecular flexibility index (Phi) is 5.03. The van der Waals surface area contributed by atoms with Gasteiger partial charge in [-0.2, -0.15) is 4.31 Å². The molecule has 1 saturated heterocycles. The molecule has 1 aliphatic rings. The normalized spacial score (nSPS) is 18.6. The molecule has 1 amide bonds. The van der Waals surface area contributed by atoms with E-state index < -0.39 is 10.0 Å². The highest BCUT2D eigenvalue weighted by atomic mass is 32.2. The summed E-state index contributed by atoms with van der Waals surface area (Å²) in [6, 6.07) is 5.01. The fourth-order valence-corrected chi connectivity index (χ4v) is 4.98. The van der Waals surface area contributed by atoms with Crippen LogP contribution in [0.1, 0.15) is 12.0 Å². The predicted molar refractivity (Wildman–Crippen MR) is 93.7 cm³/mol. The van der Waals surface area contributed by atoms with E-state index in [1.807, 2.05) is 13.0 Å². The number of nitrogens with zero attached hydrogens (tertiary/aromatic N) is 2. The molecule has 25 heavy (non-hydrogen) atoms. The number of rotatable bonds is 5. The van der Waals surface area contributed by atoms with Gasteiger partial charge in [0.2, 0.25) is 15.9 Å². The Morgan fingerprint density at radius 3 is 2.96 bits per heavy atom. The molecule has 1 fully saturated rings. The number of ether oxygens (including phenoxy) is 1. The lowest BCUT2D eigenvalue weighted by Crippen LogP contribution is -2.40. The number of pyridine rings is 1. The van der Waals surface area contributed by atoms with Crippen molar-refractivity contribution in [1.82, 2.24) is 14.6 Å². The summed E-state index contributed by atoms with van der Waals surface area (Å²) in [6.45, 7) is 2.46. The van der Waals surface area contributed by atoms with Gasteiger partial charge in [-0.15, -0.1) is 0 Å². The predicted octanol–water partition coefficient (Wildman–Crippen LogP) is 1.07. The Morgan fingerprint density at radius 2 is 2.20 bits per heavy atom. The summed E-state index contributed by atoms with van der Waals surface area (Å²) >= 11 is 0. The number of hydrogen-bond donors (Lipinski definition) is 1. The van der Waals surface area contributed by atoms with Gasteiger partial charge in [-0.3, -0.25) is 9.78 Å². The van der Waals surface area contributed by atoms with Gasteiger partial charge >= 0.3 is 0 Å². The summed E-state index contributed by atoms with van der Waals surface area (Å²) < 4.78 is 32.5. The molecular weight excluding hydrogens is 342 g/mol. The summed E-state index contributed by atoms with van der Waals surface area (Å²) in [5.41, 5.74) is 0.820. The van der Waals surface area contributed by atoms with Gasteiger partial charge in [-0.05, 0) is 25.0 Å². The van der Waals surface area contributed by atoms with Crippen LogP contribution in [0.2, 0.25) is 0 Å². The molecule has 0 aliphatic carbocycles. The summed E-state index contributed by atoms with van der Waals surface area (Å²) in [4.78, 5) is 16.0. The van der Waals surface area contributed by atoms with E-state index in [1.54, 1.807) is 24.5 Å². The minimum absolute atomic E-state index is 0.0290. The largest absolute Gasteiger partial charge is 0.375 e. The molecule has 8 heteroatoms. The van der Waals surface area contributed by atoms with Gasteiger partial charge in [0.05, 0.1) is 4.90 Å². The van der Waals surface area contributed by atoms with Crippen molar-refractivity contribution in [2.24, 2.45) is 0 Å². The molecule has 0 bridgehead atoms. The van der Waals surface area contributed by atoms with E-state index in [4.69, 9.17) is 4.74 Å². The average molecular weight is 363 g/mol. The van der Waals surface area contributed by atoms with Gasteiger partial charge in [0.15, 0.2) is 0 Å². The molecule has 2 aromatic rings. The van der Waals surface area contributed by atoms with Gasteiger partial charge in [-0.25, -0.2) is 8.42 Å². The maximum atomic E-state index is 13.1. The third-order valence-corrected chi connectivity index (χ3v) is 6.25. The van der Waals surface area contributed by atoms with Gasteiger partial charge in [0.25, 0.3) is 0 Å². The first kappa shape index (κ1) is 17.8. The van der Waals surface area contributed by atoms with Crippen LogP contribution < -0.4 is 5.32 Å². The molecule has 0 radical (unpaired) electrons. The van der Waals surface area contributed by atoms with Crippen LogP contribution in [-0.2, 0) is 19.6 Å². The number of benzene rings is 1. The molecule has 1 aromatic heterocycles. The maximum absolute atomic E-state index is 13.1. The fraction of sp³-hybridized carbons (Fsp3) is 0.412. The first-order valence-electron chi connectivity index (χ1n) is 8.05. The van der Waals surface area contributed by atoms with E-state index in [-0.39, 0.29) is 30.0 Å². The van der Waals surface area contributed by atoms with Gasteiger partial charge in [-0.1, -0.05) is 12.1 Å². The van der Waals surface area contributed by atoms with Crippen LogP contribution in [0.4, 0.5) is 0 Å². The van der Waals surface area contributed by atoms with Crippen molar-refractivity contribution in [1.29, 1.82) is 0 Å². The average Bonchev–Trinajstić information content (AvgIpc) is 3.04. The van der Waals surface area contributed by atoms with Crippen LogP contribution in [0.15, 0.2) is 35.5 Å². The molecule has 3 rings (SSSR count). The summed E-state index contributed by atoms with van der Waals surface area (Å²) in [5.74, 6) is -0.237. The number of fused-ring (bicyclic) bond motifs is 1. The van der Waals surface area contributed by atoms with Crippen LogP contribution in [0.5, 0.6) is 0 Å². The summed E-state index contributed by atoms with van der Waals surface area (Å²) in [5, 5.41) is 4.30. The van der Waals surface area contributed by atoms with E-state index in [2.05, 4.69) is 10.3 Å². The lowest BCUT2D eigenvalue weighted by molar-refractivity contribution is -0.125. The highest BCUT2D eigenvalue weighted by molar-refractivity contribution is 7.89. The molecule has 7 nitrogen and oxygen atoms in total. The highest BCUT2D eigenvalue weighted by Gasteiger charge is 2.34. The smallest absolute Gasteiger partial charge is 0.246 e. The number of carbonyl (C=O) groups excluding carboxylic acids is 1. The SMILES string of the molecule is COCC(=O)NC1CCN(S(=O)(=O)c2cccc3cncc(C)c23)C1. The Balaban J connectivity index is 1.87. The monoisotopic (exact) mass is 363 g/mol. The van der Waals surface area contributed by atoms with Crippen LogP contribution in [0, 0.1) is 6.92 Å². The zero-order valence-corrected chi connectivity index (χ0v) is 15.0. The molecular formula is C17H21N3O4S. The first-order chi connectivity index (χ1) is 11.9. The number of sulfonamides is 1. The second-order valence-corrected chi connectivity index (χ2v) is 8.07. The van der Waals surface area contributed by atoms with Crippen LogP contribution in [0.25, 0.3) is 10.8 Å². The van der Waals surface area contributed by atoms with Crippen LogP contribution >= 0.6 is 0 Å². The standard InChI is InChI=1S/C17H21N3O4S/c1-12-8-18-9-13-4-3-5-15(17(12)13)25(22,23)20-7-6-14(10-20)19-16(21)11-24-2/h3-5,8-9,14H,6-7,10-11H2,1-2H3,(H,19,21). The van der Waals surface area contributed by atoms with E-state index in [0.29, 0.717) is 18.4 Å². The lowest BCUT2D eigenvalue weighted by Gasteiger charge is -2.19. The van der Waals surface area contributed by atoms with Crippen molar-refractivity contribution in [3.63, 3.8) is 0 Å². The Hall–Kier alpha value is -2.03. The van der Waals surface area contributed by atoms with E-state index >= 15 is 0 Å². The topological polar surface area (TPSA) is 88.6 Å². The lowest BCUT2D eigenvalue weighted by atomic mass is 10.1. The molecule has 0 spiro atoms. The Morgan fingerprint density at radius 1 is 1.40 bits per heavy atom. The van der Waals surface area contributed by atoms with E-state index in [0.717, 1.165) is 10.9 Å². The number of nitrogens with one attached hydrogen (secondary N) is 1. The number of methoxy groups -OCH3 is 1. The summed E-state index contributed by atoms with van der Waals surface area (Å²) in [7, 11) is -2.20. The van der Waals surface area contributed by atoms with Gasteiger partial charge in [0.1, 0.15) is 6.61 Å². The summed E-state index contributed by atoms with van der Waals surface area (Å²) in [6.07, 6.45) is 3.91. The minimum Gasteiger partial charge on any atom is -0.375 e. The Labute approximate surface area is 147 Å². The zero-order chi connectivity index (χ0) is 18.0. The molecule has 0 saturated carbocycles. The second kappa shape index (κ2) is 7.07. The van der Waals surface area contributed by atoms with Crippen molar-refractivity contribution in [2.45, 2.75) is 24.3 Å². The number of amides is 1. The van der Waals surface area contributed by atoms with Crippen LogP contribution in [0.3, 0.4) is 0 Å². The number of aryl methyl sites for hydroxylation is 1. The molecule has 1 aromatic carbocycles. The van der Waals surface area contributed by atoms with Gasteiger partial charge in [0, 0.05) is 49.4 Å².